The monoisotopic (exact) mass is 201 g/mol. The largest absolute Gasteiger partial charge is 0.284 e. The summed E-state index contributed by atoms with van der Waals surface area (Å²) in [4.78, 5) is 6.34. The Hall–Kier alpha value is -1.40. The molecule has 1 fully saturated rings. The Balaban J connectivity index is 2.01. The molecule has 0 aromatic carbocycles. The molecule has 0 N–H and O–H groups in total. The molecule has 1 saturated heterocycles. The van der Waals surface area contributed by atoms with E-state index in [1.807, 2.05) is 12.3 Å². The second-order valence-corrected chi connectivity index (χ2v) is 3.97. The number of hydrogen-bond acceptors (Lipinski definition) is 3. The fraction of sp³-hybridized carbons (Fsp3) is 0.500. The van der Waals surface area contributed by atoms with Crippen molar-refractivity contribution in [2.24, 2.45) is 0 Å². The first-order valence-electron chi connectivity index (χ1n) is 5.43. The number of aromatic nitrogens is 1. The minimum Gasteiger partial charge on any atom is -0.284 e. The van der Waals surface area contributed by atoms with Crippen molar-refractivity contribution in [1.29, 1.82) is 5.26 Å². The van der Waals surface area contributed by atoms with Gasteiger partial charge in [0, 0.05) is 18.9 Å². The highest BCUT2D eigenvalue weighted by molar-refractivity contribution is 5.09. The summed E-state index contributed by atoms with van der Waals surface area (Å²) in [5.41, 5.74) is 1.19. The molecule has 1 atom stereocenters. The molecule has 1 aliphatic rings. The molecule has 0 saturated carbocycles. The van der Waals surface area contributed by atoms with Gasteiger partial charge < -0.3 is 0 Å². The number of likely N-dealkylation sites (tertiary alicyclic amines) is 1. The first kappa shape index (κ1) is 10.1. The molecule has 3 heteroatoms. The summed E-state index contributed by atoms with van der Waals surface area (Å²) in [7, 11) is 0. The van der Waals surface area contributed by atoms with E-state index < -0.39 is 0 Å². The maximum Gasteiger partial charge on any atom is 0.0980 e. The van der Waals surface area contributed by atoms with Crippen LogP contribution in [0.15, 0.2) is 24.5 Å². The Morgan fingerprint density at radius 2 is 2.47 bits per heavy atom. The lowest BCUT2D eigenvalue weighted by Crippen LogP contribution is -2.37. The third-order valence-electron chi connectivity index (χ3n) is 2.87. The first-order chi connectivity index (χ1) is 7.40. The predicted molar refractivity (Wildman–Crippen MR) is 57.9 cm³/mol. The van der Waals surface area contributed by atoms with Gasteiger partial charge in [-0.05, 0) is 37.4 Å². The van der Waals surface area contributed by atoms with Crippen LogP contribution in [-0.4, -0.2) is 22.5 Å². The molecule has 0 amide bonds. The van der Waals surface area contributed by atoms with Crippen molar-refractivity contribution in [2.45, 2.75) is 31.8 Å². The summed E-state index contributed by atoms with van der Waals surface area (Å²) < 4.78 is 0. The highest BCUT2D eigenvalue weighted by Gasteiger charge is 2.21. The van der Waals surface area contributed by atoms with E-state index in [-0.39, 0.29) is 6.04 Å². The van der Waals surface area contributed by atoms with Crippen LogP contribution in [0.25, 0.3) is 0 Å². The van der Waals surface area contributed by atoms with Crippen LogP contribution < -0.4 is 0 Å². The van der Waals surface area contributed by atoms with Gasteiger partial charge in [-0.2, -0.15) is 5.26 Å². The molecule has 78 valence electrons. The second kappa shape index (κ2) is 4.90. The van der Waals surface area contributed by atoms with Crippen molar-refractivity contribution in [3.8, 4) is 6.07 Å². The Labute approximate surface area is 90.4 Å². The molecule has 1 unspecified atom stereocenters. The zero-order chi connectivity index (χ0) is 10.5. The summed E-state index contributed by atoms with van der Waals surface area (Å²) in [5, 5.41) is 9.03. The molecule has 2 heterocycles. The molecule has 1 aliphatic heterocycles. The number of nitriles is 1. The average Bonchev–Trinajstić information content (AvgIpc) is 2.31. The van der Waals surface area contributed by atoms with Crippen LogP contribution in [-0.2, 0) is 6.54 Å². The van der Waals surface area contributed by atoms with Gasteiger partial charge >= 0.3 is 0 Å². The maximum atomic E-state index is 9.03. The van der Waals surface area contributed by atoms with Gasteiger partial charge in [-0.1, -0.05) is 6.07 Å². The van der Waals surface area contributed by atoms with Gasteiger partial charge in [0.05, 0.1) is 12.1 Å². The van der Waals surface area contributed by atoms with E-state index in [0.717, 1.165) is 19.5 Å². The highest BCUT2D eigenvalue weighted by Crippen LogP contribution is 2.18. The van der Waals surface area contributed by atoms with Gasteiger partial charge in [-0.15, -0.1) is 0 Å². The quantitative estimate of drug-likeness (QED) is 0.734. The van der Waals surface area contributed by atoms with Gasteiger partial charge in [0.2, 0.25) is 0 Å². The second-order valence-electron chi connectivity index (χ2n) is 3.97. The van der Waals surface area contributed by atoms with Crippen LogP contribution in [0.3, 0.4) is 0 Å². The van der Waals surface area contributed by atoms with E-state index in [9.17, 15) is 0 Å². The van der Waals surface area contributed by atoms with E-state index in [2.05, 4.69) is 22.0 Å². The summed E-state index contributed by atoms with van der Waals surface area (Å²) in [5.74, 6) is 0. The zero-order valence-electron chi connectivity index (χ0n) is 8.76. The third kappa shape index (κ3) is 2.54. The minimum absolute atomic E-state index is 0.0963. The summed E-state index contributed by atoms with van der Waals surface area (Å²) in [6.45, 7) is 1.89. The molecule has 0 spiro atoms. The molecule has 0 radical (unpaired) electrons. The molecule has 2 rings (SSSR count). The normalized spacial score (nSPS) is 22.2. The SMILES string of the molecule is N#CC1CCCCN1Cc1cccnc1. The molecule has 0 bridgehead atoms. The van der Waals surface area contributed by atoms with Crippen molar-refractivity contribution < 1.29 is 0 Å². The molecule has 1 aromatic heterocycles. The Bertz CT molecular complexity index is 342. The van der Waals surface area contributed by atoms with Crippen molar-refractivity contribution in [2.75, 3.05) is 6.54 Å². The number of piperidine rings is 1. The van der Waals surface area contributed by atoms with E-state index in [4.69, 9.17) is 5.26 Å². The number of nitrogens with zero attached hydrogens (tertiary/aromatic N) is 3. The van der Waals surface area contributed by atoms with Crippen molar-refractivity contribution in [3.05, 3.63) is 30.1 Å². The van der Waals surface area contributed by atoms with E-state index in [1.54, 1.807) is 6.20 Å². The molecule has 0 aliphatic carbocycles. The van der Waals surface area contributed by atoms with E-state index in [0.29, 0.717) is 0 Å². The Morgan fingerprint density at radius 3 is 3.20 bits per heavy atom. The smallest absolute Gasteiger partial charge is 0.0980 e. The fourth-order valence-electron chi connectivity index (χ4n) is 2.05. The maximum absolute atomic E-state index is 9.03. The van der Waals surface area contributed by atoms with Gasteiger partial charge in [0.15, 0.2) is 0 Å². The summed E-state index contributed by atoms with van der Waals surface area (Å²) in [6, 6.07) is 6.49. The van der Waals surface area contributed by atoms with Gasteiger partial charge in [0.1, 0.15) is 0 Å². The third-order valence-corrected chi connectivity index (χ3v) is 2.87. The van der Waals surface area contributed by atoms with Crippen LogP contribution in [0.4, 0.5) is 0 Å². The lowest BCUT2D eigenvalue weighted by molar-refractivity contribution is 0.176. The Kier molecular flexibility index (Phi) is 3.31. The zero-order valence-corrected chi connectivity index (χ0v) is 8.76. The van der Waals surface area contributed by atoms with Gasteiger partial charge in [-0.3, -0.25) is 9.88 Å². The van der Waals surface area contributed by atoms with Crippen molar-refractivity contribution >= 4 is 0 Å². The first-order valence-corrected chi connectivity index (χ1v) is 5.43. The molecule has 3 nitrogen and oxygen atoms in total. The van der Waals surface area contributed by atoms with Crippen molar-refractivity contribution in [1.82, 2.24) is 9.88 Å². The molecule has 15 heavy (non-hydrogen) atoms. The molecule has 1 aromatic rings. The number of hydrogen-bond donors (Lipinski definition) is 0. The fourth-order valence-corrected chi connectivity index (χ4v) is 2.05. The Morgan fingerprint density at radius 1 is 1.53 bits per heavy atom. The minimum atomic E-state index is 0.0963. The topological polar surface area (TPSA) is 39.9 Å². The highest BCUT2D eigenvalue weighted by atomic mass is 15.2. The number of rotatable bonds is 2. The standard InChI is InChI=1S/C12H15N3/c13-8-12-5-1-2-7-15(12)10-11-4-3-6-14-9-11/h3-4,6,9,12H,1-2,5,7,10H2. The lowest BCUT2D eigenvalue weighted by Gasteiger charge is -2.31. The average molecular weight is 201 g/mol. The van der Waals surface area contributed by atoms with E-state index >= 15 is 0 Å². The summed E-state index contributed by atoms with van der Waals surface area (Å²) in [6.07, 6.45) is 7.06. The van der Waals surface area contributed by atoms with Crippen LogP contribution in [0.2, 0.25) is 0 Å². The molecular formula is C12H15N3. The van der Waals surface area contributed by atoms with Crippen LogP contribution >= 0.6 is 0 Å². The van der Waals surface area contributed by atoms with Gasteiger partial charge in [-0.25, -0.2) is 0 Å². The number of pyridine rings is 1. The van der Waals surface area contributed by atoms with Gasteiger partial charge in [0.25, 0.3) is 0 Å². The van der Waals surface area contributed by atoms with Crippen LogP contribution in [0.5, 0.6) is 0 Å². The van der Waals surface area contributed by atoms with Crippen LogP contribution in [0.1, 0.15) is 24.8 Å². The van der Waals surface area contributed by atoms with Crippen molar-refractivity contribution in [3.63, 3.8) is 0 Å². The van der Waals surface area contributed by atoms with Crippen LogP contribution in [0, 0.1) is 11.3 Å². The predicted octanol–water partition coefficient (Wildman–Crippen LogP) is 1.96. The van der Waals surface area contributed by atoms with E-state index in [1.165, 1.54) is 18.4 Å². The molecular weight excluding hydrogens is 186 g/mol. The summed E-state index contributed by atoms with van der Waals surface area (Å²) >= 11 is 0. The lowest BCUT2D eigenvalue weighted by atomic mass is 10.0.